The van der Waals surface area contributed by atoms with Crippen LogP contribution in [0.3, 0.4) is 0 Å². The van der Waals surface area contributed by atoms with Crippen molar-refractivity contribution in [1.82, 2.24) is 5.32 Å². The summed E-state index contributed by atoms with van der Waals surface area (Å²) in [5, 5.41) is 12.8. The van der Waals surface area contributed by atoms with E-state index in [1.54, 1.807) is 12.1 Å². The van der Waals surface area contributed by atoms with E-state index in [2.05, 4.69) is 5.32 Å². The van der Waals surface area contributed by atoms with Gasteiger partial charge < -0.3 is 20.1 Å². The average molecular weight is 348 g/mol. The number of phenolic OH excluding ortho intramolecular Hbond substituents is 1. The zero-order chi connectivity index (χ0) is 18.0. The number of phenols is 1. The maximum atomic E-state index is 13.9. The Hall–Kier alpha value is -2.67. The lowest BCUT2D eigenvalue weighted by Gasteiger charge is -2.18. The Morgan fingerprint density at radius 2 is 2.00 bits per heavy atom. The summed E-state index contributed by atoms with van der Waals surface area (Å²) in [6.45, 7) is 0.619. The molecule has 2 N–H and O–H groups in total. The molecule has 3 rings (SSSR count). The van der Waals surface area contributed by atoms with Gasteiger partial charge in [0.15, 0.2) is 11.5 Å². The molecular weight excluding hydrogens is 330 g/mol. The van der Waals surface area contributed by atoms with Crippen molar-refractivity contribution in [1.29, 1.82) is 0 Å². The predicted octanol–water partition coefficient (Wildman–Crippen LogP) is 2.57. The molecule has 1 amide bonds. The van der Waals surface area contributed by atoms with Gasteiger partial charge in [-0.3, -0.25) is 4.79 Å². The third kappa shape index (κ3) is 3.56. The largest absolute Gasteiger partial charge is 0.504 e. The fourth-order valence-corrected chi connectivity index (χ4v) is 2.90. The van der Waals surface area contributed by atoms with E-state index in [-0.39, 0.29) is 36.4 Å². The highest BCUT2D eigenvalue weighted by atomic mass is 19.1. The Morgan fingerprint density at radius 1 is 1.28 bits per heavy atom. The number of carbonyl (C=O) groups is 1. The minimum absolute atomic E-state index is 0.0449. The van der Waals surface area contributed by atoms with Gasteiger partial charge >= 0.3 is 0 Å². The molecule has 2 aromatic rings. The number of nitrogens with zero attached hydrogens (tertiary/aromatic N) is 1. The van der Waals surface area contributed by atoms with Crippen molar-refractivity contribution >= 4 is 11.6 Å². The van der Waals surface area contributed by atoms with Crippen molar-refractivity contribution in [3.63, 3.8) is 0 Å². The number of hydrogen-bond acceptors (Lipinski definition) is 4. The van der Waals surface area contributed by atoms with E-state index in [1.165, 1.54) is 19.2 Å². The molecule has 1 fully saturated rings. The minimum atomic E-state index is -0.753. The molecule has 7 heteroatoms. The summed E-state index contributed by atoms with van der Waals surface area (Å²) in [6, 6.07) is 8.25. The molecule has 0 unspecified atom stereocenters. The topological polar surface area (TPSA) is 61.8 Å². The summed E-state index contributed by atoms with van der Waals surface area (Å²) in [6.07, 6.45) is 0.156. The van der Waals surface area contributed by atoms with Gasteiger partial charge in [-0.2, -0.15) is 0 Å². The second-order valence-electron chi connectivity index (χ2n) is 5.86. The van der Waals surface area contributed by atoms with E-state index in [0.29, 0.717) is 12.3 Å². The van der Waals surface area contributed by atoms with Gasteiger partial charge in [0, 0.05) is 25.6 Å². The van der Waals surface area contributed by atoms with Crippen molar-refractivity contribution < 1.29 is 23.4 Å². The first-order valence-electron chi connectivity index (χ1n) is 7.83. The SMILES string of the molecule is COc1cc(CN[C@H]2CC(=O)N(c3c(F)cccc3F)C2)ccc1O. The number of rotatable bonds is 5. The zero-order valence-electron chi connectivity index (χ0n) is 13.6. The van der Waals surface area contributed by atoms with E-state index in [9.17, 15) is 18.7 Å². The van der Waals surface area contributed by atoms with Gasteiger partial charge in [0.1, 0.15) is 17.3 Å². The molecule has 0 aromatic heterocycles. The molecule has 1 saturated heterocycles. The maximum Gasteiger partial charge on any atom is 0.228 e. The number of anilines is 1. The van der Waals surface area contributed by atoms with Crippen LogP contribution in [0.15, 0.2) is 36.4 Å². The molecule has 1 atom stereocenters. The fourth-order valence-electron chi connectivity index (χ4n) is 2.90. The number of hydrogen-bond donors (Lipinski definition) is 2. The number of amides is 1. The van der Waals surface area contributed by atoms with Gasteiger partial charge in [-0.15, -0.1) is 0 Å². The Bertz CT molecular complexity index is 778. The molecule has 0 radical (unpaired) electrons. The van der Waals surface area contributed by atoms with Crippen LogP contribution in [0.25, 0.3) is 0 Å². The number of carbonyl (C=O) groups excluding carboxylic acids is 1. The van der Waals surface area contributed by atoms with E-state index in [0.717, 1.165) is 22.6 Å². The van der Waals surface area contributed by atoms with Crippen LogP contribution in [0.5, 0.6) is 11.5 Å². The van der Waals surface area contributed by atoms with Crippen LogP contribution in [0, 0.1) is 11.6 Å². The first-order valence-corrected chi connectivity index (χ1v) is 7.83. The van der Waals surface area contributed by atoms with Gasteiger partial charge in [0.2, 0.25) is 5.91 Å². The first kappa shape index (κ1) is 17.2. The summed E-state index contributed by atoms with van der Waals surface area (Å²) < 4.78 is 32.8. The number of benzene rings is 2. The van der Waals surface area contributed by atoms with E-state index in [4.69, 9.17) is 4.74 Å². The lowest BCUT2D eigenvalue weighted by atomic mass is 10.1. The Balaban J connectivity index is 1.67. The number of nitrogens with one attached hydrogen (secondary N) is 1. The molecule has 0 spiro atoms. The molecule has 1 heterocycles. The van der Waals surface area contributed by atoms with Crippen LogP contribution in [-0.4, -0.2) is 30.7 Å². The molecule has 1 aliphatic heterocycles. The van der Waals surface area contributed by atoms with Crippen molar-refractivity contribution in [2.45, 2.75) is 19.0 Å². The summed E-state index contributed by atoms with van der Waals surface area (Å²) >= 11 is 0. The van der Waals surface area contributed by atoms with Crippen LogP contribution in [0.4, 0.5) is 14.5 Å². The molecule has 5 nitrogen and oxygen atoms in total. The Morgan fingerprint density at radius 3 is 2.68 bits per heavy atom. The zero-order valence-corrected chi connectivity index (χ0v) is 13.6. The van der Waals surface area contributed by atoms with Crippen LogP contribution in [0.1, 0.15) is 12.0 Å². The van der Waals surface area contributed by atoms with Crippen molar-refractivity contribution in [3.05, 3.63) is 53.6 Å². The lowest BCUT2D eigenvalue weighted by Crippen LogP contribution is -2.33. The van der Waals surface area contributed by atoms with E-state index >= 15 is 0 Å². The van der Waals surface area contributed by atoms with Crippen LogP contribution >= 0.6 is 0 Å². The number of para-hydroxylation sites is 1. The van der Waals surface area contributed by atoms with Crippen LogP contribution in [0.2, 0.25) is 0 Å². The summed E-state index contributed by atoms with van der Waals surface area (Å²) in [4.78, 5) is 13.3. The number of halogens is 2. The molecule has 0 saturated carbocycles. The second-order valence-corrected chi connectivity index (χ2v) is 5.86. The van der Waals surface area contributed by atoms with Gasteiger partial charge in [0.25, 0.3) is 0 Å². The average Bonchev–Trinajstić information content (AvgIpc) is 2.94. The monoisotopic (exact) mass is 348 g/mol. The lowest BCUT2D eigenvalue weighted by molar-refractivity contribution is -0.117. The van der Waals surface area contributed by atoms with Crippen LogP contribution < -0.4 is 15.0 Å². The highest BCUT2D eigenvalue weighted by Crippen LogP contribution is 2.28. The molecule has 1 aliphatic rings. The molecule has 2 aromatic carbocycles. The quantitative estimate of drug-likeness (QED) is 0.872. The fraction of sp³-hybridized carbons (Fsp3) is 0.278. The summed E-state index contributed by atoms with van der Waals surface area (Å²) in [5.41, 5.74) is 0.556. The molecular formula is C18H18F2N2O3. The van der Waals surface area contributed by atoms with Crippen molar-refractivity contribution in [2.75, 3.05) is 18.6 Å². The predicted molar refractivity (Wildman–Crippen MR) is 88.6 cm³/mol. The van der Waals surface area contributed by atoms with Gasteiger partial charge in [-0.1, -0.05) is 12.1 Å². The smallest absolute Gasteiger partial charge is 0.228 e. The summed E-state index contributed by atoms with van der Waals surface area (Å²) in [7, 11) is 1.46. The number of ether oxygens (including phenoxy) is 1. The molecule has 0 bridgehead atoms. The standard InChI is InChI=1S/C18H18F2N2O3/c1-25-16-7-11(5-6-15(16)23)9-21-12-8-17(24)22(10-12)18-13(19)3-2-4-14(18)20/h2-7,12,21,23H,8-10H2,1H3/t12-/m0/s1. The van der Waals surface area contributed by atoms with Gasteiger partial charge in [-0.05, 0) is 29.8 Å². The van der Waals surface area contributed by atoms with Crippen LogP contribution in [-0.2, 0) is 11.3 Å². The summed E-state index contributed by atoms with van der Waals surface area (Å²) in [5.74, 6) is -1.43. The second kappa shape index (κ2) is 7.06. The normalized spacial score (nSPS) is 17.2. The third-order valence-corrected chi connectivity index (χ3v) is 4.17. The third-order valence-electron chi connectivity index (χ3n) is 4.17. The van der Waals surface area contributed by atoms with Crippen molar-refractivity contribution in [2.24, 2.45) is 0 Å². The number of aromatic hydroxyl groups is 1. The molecule has 25 heavy (non-hydrogen) atoms. The van der Waals surface area contributed by atoms with E-state index in [1.807, 2.05) is 0 Å². The van der Waals surface area contributed by atoms with Gasteiger partial charge in [0.05, 0.1) is 7.11 Å². The van der Waals surface area contributed by atoms with Gasteiger partial charge in [-0.25, -0.2) is 8.78 Å². The molecule has 132 valence electrons. The highest BCUT2D eigenvalue weighted by Gasteiger charge is 2.33. The van der Waals surface area contributed by atoms with Crippen molar-refractivity contribution in [3.8, 4) is 11.5 Å². The Labute approximate surface area is 143 Å². The highest BCUT2D eigenvalue weighted by molar-refractivity contribution is 5.96. The number of methoxy groups -OCH3 is 1. The maximum absolute atomic E-state index is 13.9. The molecule has 0 aliphatic carbocycles. The first-order chi connectivity index (χ1) is 12.0. The minimum Gasteiger partial charge on any atom is -0.504 e. The van der Waals surface area contributed by atoms with E-state index < -0.39 is 11.6 Å². The Kier molecular flexibility index (Phi) is 4.85.